The molecule has 5 nitrogen and oxygen atoms in total. The third-order valence-electron chi connectivity index (χ3n) is 5.90. The number of benzene rings is 2. The van der Waals surface area contributed by atoms with Gasteiger partial charge in [0, 0.05) is 22.8 Å². The van der Waals surface area contributed by atoms with Crippen LogP contribution in [0, 0.1) is 6.92 Å². The van der Waals surface area contributed by atoms with Gasteiger partial charge in [0.1, 0.15) is 5.02 Å². The van der Waals surface area contributed by atoms with Crippen LogP contribution in [0.25, 0.3) is 10.9 Å². The van der Waals surface area contributed by atoms with E-state index in [0.717, 1.165) is 53.5 Å². The molecule has 2 aromatic carbocycles. The van der Waals surface area contributed by atoms with Gasteiger partial charge in [-0.1, -0.05) is 37.4 Å². The number of hydrogen-bond acceptors (Lipinski definition) is 4. The van der Waals surface area contributed by atoms with Crippen molar-refractivity contribution in [3.05, 3.63) is 63.4 Å². The Labute approximate surface area is 181 Å². The summed E-state index contributed by atoms with van der Waals surface area (Å²) in [5.74, 6) is 0.0745. The van der Waals surface area contributed by atoms with Crippen molar-refractivity contribution >= 4 is 43.7 Å². The molecular formula is C23H25ClN2O3S. The predicted octanol–water partition coefficient (Wildman–Crippen LogP) is 5.62. The zero-order chi connectivity index (χ0) is 21.5. The van der Waals surface area contributed by atoms with Crippen LogP contribution in [-0.4, -0.2) is 18.7 Å². The Hall–Kier alpha value is -2.31. The van der Waals surface area contributed by atoms with Gasteiger partial charge in [0.15, 0.2) is 9.84 Å². The minimum absolute atomic E-state index is 0.0745. The van der Waals surface area contributed by atoms with Gasteiger partial charge in [0.2, 0.25) is 0 Å². The molecular weight excluding hydrogens is 420 g/mol. The molecule has 0 unspecified atom stereocenters. The molecule has 1 aliphatic carbocycles. The highest BCUT2D eigenvalue weighted by Gasteiger charge is 2.21. The molecule has 1 aromatic heterocycles. The van der Waals surface area contributed by atoms with Crippen LogP contribution in [0.1, 0.15) is 44.2 Å². The van der Waals surface area contributed by atoms with Gasteiger partial charge in [-0.15, -0.1) is 0 Å². The topological polar surface area (TPSA) is 68.2 Å². The lowest BCUT2D eigenvalue weighted by molar-refractivity contribution is 0.520. The van der Waals surface area contributed by atoms with E-state index in [1.807, 2.05) is 29.7 Å². The normalized spacial score (nSPS) is 15.0. The van der Waals surface area contributed by atoms with Crippen LogP contribution < -0.4 is 10.9 Å². The van der Waals surface area contributed by atoms with Gasteiger partial charge >= 0.3 is 0 Å². The predicted molar refractivity (Wildman–Crippen MR) is 123 cm³/mol. The van der Waals surface area contributed by atoms with Gasteiger partial charge in [-0.25, -0.2) is 8.42 Å². The molecule has 0 aliphatic heterocycles. The monoisotopic (exact) mass is 444 g/mol. The summed E-state index contributed by atoms with van der Waals surface area (Å²) in [4.78, 5) is 13.1. The second-order valence-electron chi connectivity index (χ2n) is 7.88. The second-order valence-corrected chi connectivity index (χ2v) is 10.6. The van der Waals surface area contributed by atoms with Crippen molar-refractivity contribution in [3.8, 4) is 0 Å². The summed E-state index contributed by atoms with van der Waals surface area (Å²) in [5, 5.41) is 4.55. The summed E-state index contributed by atoms with van der Waals surface area (Å²) in [6, 6.07) is 12.9. The Morgan fingerprint density at radius 3 is 2.50 bits per heavy atom. The molecule has 3 aromatic rings. The number of halogens is 1. The molecule has 4 rings (SSSR count). The lowest BCUT2D eigenvalue weighted by atomic mass is 10.1. The van der Waals surface area contributed by atoms with Gasteiger partial charge in [0.05, 0.1) is 16.2 Å². The van der Waals surface area contributed by atoms with Crippen LogP contribution in [0.2, 0.25) is 5.02 Å². The number of aromatic nitrogens is 1. The maximum absolute atomic E-state index is 12.8. The van der Waals surface area contributed by atoms with E-state index >= 15 is 0 Å². The maximum Gasteiger partial charge on any atom is 0.270 e. The zero-order valence-corrected chi connectivity index (χ0v) is 18.7. The number of anilines is 2. The minimum Gasteiger partial charge on any atom is -0.355 e. The van der Waals surface area contributed by atoms with E-state index in [0.29, 0.717) is 4.90 Å². The molecule has 0 radical (unpaired) electrons. The first-order valence-electron chi connectivity index (χ1n) is 10.3. The molecule has 0 spiro atoms. The van der Waals surface area contributed by atoms with Gasteiger partial charge in [-0.2, -0.15) is 0 Å². The number of nitrogens with zero attached hydrogens (tertiary/aromatic N) is 1. The van der Waals surface area contributed by atoms with Crippen LogP contribution in [0.3, 0.4) is 0 Å². The molecule has 0 bridgehead atoms. The largest absolute Gasteiger partial charge is 0.355 e. The fourth-order valence-corrected chi connectivity index (χ4v) is 5.37. The lowest BCUT2D eigenvalue weighted by Crippen LogP contribution is -2.24. The number of rotatable bonds is 5. The molecule has 0 saturated heterocycles. The number of pyridine rings is 1. The van der Waals surface area contributed by atoms with Gasteiger partial charge in [-0.3, -0.25) is 4.79 Å². The standard InChI is InChI=1S/C23H25ClN2O3S/c1-3-30(28,29)19-10-11-21(15(2)12-19)25-17-9-8-16-13-20(24)23(27)26(22(16)14-17)18-6-4-5-7-18/h8-14,18,25H,3-7H2,1-2H3. The molecule has 1 fully saturated rings. The highest BCUT2D eigenvalue weighted by molar-refractivity contribution is 7.91. The molecule has 0 amide bonds. The van der Waals surface area contributed by atoms with Crippen LogP contribution in [0.4, 0.5) is 11.4 Å². The van der Waals surface area contributed by atoms with Crippen molar-refractivity contribution in [2.45, 2.75) is 50.5 Å². The van der Waals surface area contributed by atoms with E-state index < -0.39 is 9.84 Å². The number of hydrogen-bond donors (Lipinski definition) is 1. The average molecular weight is 445 g/mol. The molecule has 0 atom stereocenters. The summed E-state index contributed by atoms with van der Waals surface area (Å²) < 4.78 is 26.1. The van der Waals surface area contributed by atoms with E-state index in [-0.39, 0.29) is 22.4 Å². The molecule has 158 valence electrons. The van der Waals surface area contributed by atoms with Crippen molar-refractivity contribution in [1.82, 2.24) is 4.57 Å². The number of aryl methyl sites for hydroxylation is 1. The van der Waals surface area contributed by atoms with E-state index in [4.69, 9.17) is 11.6 Å². The van der Waals surface area contributed by atoms with Crippen LogP contribution in [0.5, 0.6) is 0 Å². The molecule has 1 N–H and O–H groups in total. The maximum atomic E-state index is 12.8. The smallest absolute Gasteiger partial charge is 0.270 e. The van der Waals surface area contributed by atoms with Crippen molar-refractivity contribution in [3.63, 3.8) is 0 Å². The summed E-state index contributed by atoms with van der Waals surface area (Å²) in [6.07, 6.45) is 4.21. The van der Waals surface area contributed by atoms with Gasteiger partial charge in [-0.05, 0) is 61.7 Å². The highest BCUT2D eigenvalue weighted by atomic mass is 35.5. The fourth-order valence-electron chi connectivity index (χ4n) is 4.19. The quantitative estimate of drug-likeness (QED) is 0.554. The van der Waals surface area contributed by atoms with E-state index in [9.17, 15) is 13.2 Å². The van der Waals surface area contributed by atoms with Crippen molar-refractivity contribution in [2.75, 3.05) is 11.1 Å². The first-order chi connectivity index (χ1) is 14.3. The van der Waals surface area contributed by atoms with Gasteiger partial charge in [0.25, 0.3) is 5.56 Å². The fraction of sp³-hybridized carbons (Fsp3) is 0.348. The Bertz CT molecular complexity index is 1280. The number of sulfone groups is 1. The van der Waals surface area contributed by atoms with E-state index in [1.54, 1.807) is 31.2 Å². The van der Waals surface area contributed by atoms with Crippen molar-refractivity contribution in [1.29, 1.82) is 0 Å². The van der Waals surface area contributed by atoms with Crippen LogP contribution in [-0.2, 0) is 9.84 Å². The third kappa shape index (κ3) is 3.86. The number of fused-ring (bicyclic) bond motifs is 1. The molecule has 1 heterocycles. The number of nitrogens with one attached hydrogen (secondary N) is 1. The third-order valence-corrected chi connectivity index (χ3v) is 7.90. The zero-order valence-electron chi connectivity index (χ0n) is 17.1. The summed E-state index contributed by atoms with van der Waals surface area (Å²) >= 11 is 6.23. The van der Waals surface area contributed by atoms with E-state index in [2.05, 4.69) is 5.32 Å². The lowest BCUT2D eigenvalue weighted by Gasteiger charge is -2.19. The minimum atomic E-state index is -3.24. The Balaban J connectivity index is 1.75. The van der Waals surface area contributed by atoms with Gasteiger partial charge < -0.3 is 9.88 Å². The molecule has 1 aliphatic rings. The average Bonchev–Trinajstić information content (AvgIpc) is 3.25. The van der Waals surface area contributed by atoms with E-state index in [1.165, 1.54) is 0 Å². The van der Waals surface area contributed by atoms with Crippen LogP contribution in [0.15, 0.2) is 52.2 Å². The Morgan fingerprint density at radius 1 is 1.10 bits per heavy atom. The molecule has 1 saturated carbocycles. The van der Waals surface area contributed by atoms with Crippen LogP contribution >= 0.6 is 11.6 Å². The van der Waals surface area contributed by atoms with Crippen molar-refractivity contribution in [2.24, 2.45) is 0 Å². The Kier molecular flexibility index (Phi) is 5.64. The molecule has 30 heavy (non-hydrogen) atoms. The first kappa shape index (κ1) is 20.9. The Morgan fingerprint density at radius 2 is 1.83 bits per heavy atom. The first-order valence-corrected chi connectivity index (χ1v) is 12.3. The summed E-state index contributed by atoms with van der Waals surface area (Å²) in [7, 11) is -3.24. The SMILES string of the molecule is CCS(=O)(=O)c1ccc(Nc2ccc3cc(Cl)c(=O)n(C4CCCC4)c3c2)c(C)c1. The summed E-state index contributed by atoms with van der Waals surface area (Å²) in [5.41, 5.74) is 3.23. The molecule has 7 heteroatoms. The highest BCUT2D eigenvalue weighted by Crippen LogP contribution is 2.33. The summed E-state index contributed by atoms with van der Waals surface area (Å²) in [6.45, 7) is 3.52. The second kappa shape index (κ2) is 8.08. The van der Waals surface area contributed by atoms with Crippen molar-refractivity contribution < 1.29 is 8.42 Å².